The lowest BCUT2D eigenvalue weighted by Gasteiger charge is -2.29. The molecule has 3 nitrogen and oxygen atoms in total. The van der Waals surface area contributed by atoms with Gasteiger partial charge in [-0.3, -0.25) is 0 Å². The summed E-state index contributed by atoms with van der Waals surface area (Å²) in [5.74, 6) is 0.560. The Kier molecular flexibility index (Phi) is 20.1. The van der Waals surface area contributed by atoms with Crippen molar-refractivity contribution >= 4 is 0 Å². The monoisotopic (exact) mass is 935 g/mol. The predicted octanol–water partition coefficient (Wildman–Crippen LogP) is 17.1. The molecule has 0 amide bonds. The Balaban J connectivity index is 1.29. The number of ether oxygens (including phenoxy) is 3. The maximum atomic E-state index is 14.3. The first-order chi connectivity index (χ1) is 32.3. The molecule has 0 aromatic heterocycles. The second kappa shape index (κ2) is 25.7. The molecule has 4 aromatic rings. The molecule has 0 aliphatic heterocycles. The number of hydrogen-bond donors (Lipinski definition) is 0. The second-order valence-electron chi connectivity index (χ2n) is 20.0. The summed E-state index contributed by atoms with van der Waals surface area (Å²) in [5, 5.41) is 0. The van der Waals surface area contributed by atoms with E-state index in [1.165, 1.54) is 115 Å². The fourth-order valence-electron chi connectivity index (χ4n) is 10.8. The Hall–Kier alpha value is -3.82. The molecule has 2 aliphatic carbocycles. The van der Waals surface area contributed by atoms with Crippen molar-refractivity contribution in [1.29, 1.82) is 0 Å². The molecule has 2 fully saturated rings. The lowest BCUT2D eigenvalue weighted by molar-refractivity contribution is -0.179. The van der Waals surface area contributed by atoms with E-state index in [-0.39, 0.29) is 38.9 Å². The minimum Gasteiger partial charge on any atom is -0.457 e. The Morgan fingerprint density at radius 2 is 0.851 bits per heavy atom. The minimum atomic E-state index is -4.39. The van der Waals surface area contributed by atoms with E-state index >= 15 is 0 Å². The van der Waals surface area contributed by atoms with E-state index in [0.29, 0.717) is 47.3 Å². The van der Waals surface area contributed by atoms with Gasteiger partial charge in [0.1, 0.15) is 11.5 Å². The normalized spacial score (nSPS) is 20.1. The van der Waals surface area contributed by atoms with Gasteiger partial charge < -0.3 is 14.2 Å². The van der Waals surface area contributed by atoms with Crippen molar-refractivity contribution in [1.82, 2.24) is 0 Å². The first-order valence-electron chi connectivity index (χ1n) is 25.5. The first-order valence-corrected chi connectivity index (χ1v) is 25.5. The molecule has 0 N–H and O–H groups in total. The van der Waals surface area contributed by atoms with E-state index < -0.39 is 24.2 Å². The first kappa shape index (κ1) is 52.5. The smallest absolute Gasteiger partial charge is 0.392 e. The van der Waals surface area contributed by atoms with E-state index in [2.05, 4.69) is 62.4 Å². The van der Waals surface area contributed by atoms with Gasteiger partial charge in [-0.25, -0.2) is 0 Å². The Morgan fingerprint density at radius 1 is 0.493 bits per heavy atom. The van der Waals surface area contributed by atoms with Crippen LogP contribution >= 0.6 is 0 Å². The average Bonchev–Trinajstić information content (AvgIpc) is 3.32. The molecule has 2 saturated carbocycles. The van der Waals surface area contributed by atoms with Crippen molar-refractivity contribution in [2.45, 2.75) is 166 Å². The van der Waals surface area contributed by atoms with Crippen LogP contribution in [0.2, 0.25) is 0 Å². The van der Waals surface area contributed by atoms with Gasteiger partial charge in [-0.2, -0.15) is 26.3 Å². The standard InChI is InChI=1S/C58H76F6O3/c1-5-7-9-41-11-21-47(22-12-41)49-25-15-43(16-26-49)35-51-37-45(39-53(31-33-65-3)57(59,60)61)19-29-55(51)67-56-30-20-46(40-54(32-34-66-4)58(62,63)64)38-52(56)36-44-17-27-50(28-18-44)48-23-13-42(14-24-48)10-8-6-2/h15-20,25-30,37-38,41-42,47-48,53-54H,5-14,21-24,31-36,39-40H2,1-4H3. The molecule has 0 bridgehead atoms. The predicted molar refractivity (Wildman–Crippen MR) is 259 cm³/mol. The third-order valence-electron chi connectivity index (χ3n) is 15.0. The van der Waals surface area contributed by atoms with Crippen molar-refractivity contribution in [3.05, 3.63) is 129 Å². The van der Waals surface area contributed by atoms with E-state index in [1.807, 2.05) is 12.1 Å². The molecule has 0 spiro atoms. The van der Waals surface area contributed by atoms with Gasteiger partial charge in [-0.1, -0.05) is 125 Å². The van der Waals surface area contributed by atoms with Gasteiger partial charge in [-0.05, 0) is 157 Å². The number of benzene rings is 4. The molecule has 2 aliphatic rings. The van der Waals surface area contributed by atoms with Gasteiger partial charge in [0.2, 0.25) is 0 Å². The highest BCUT2D eigenvalue weighted by molar-refractivity contribution is 5.48. The number of rotatable bonds is 24. The van der Waals surface area contributed by atoms with Crippen molar-refractivity contribution < 1.29 is 40.6 Å². The highest BCUT2D eigenvalue weighted by Crippen LogP contribution is 2.41. The third kappa shape index (κ3) is 16.1. The Morgan fingerprint density at radius 3 is 1.18 bits per heavy atom. The second-order valence-corrected chi connectivity index (χ2v) is 20.0. The molecule has 6 rings (SSSR count). The molecular formula is C58H76F6O3. The van der Waals surface area contributed by atoms with E-state index in [4.69, 9.17) is 14.2 Å². The van der Waals surface area contributed by atoms with Crippen LogP contribution in [0.3, 0.4) is 0 Å². The van der Waals surface area contributed by atoms with Crippen molar-refractivity contribution in [3.8, 4) is 11.5 Å². The summed E-state index contributed by atoms with van der Waals surface area (Å²) in [7, 11) is 2.82. The molecular weight excluding hydrogens is 859 g/mol. The van der Waals surface area contributed by atoms with Crippen LogP contribution in [0, 0.1) is 23.7 Å². The van der Waals surface area contributed by atoms with Crippen LogP contribution in [0.5, 0.6) is 11.5 Å². The number of halogens is 6. The molecule has 0 saturated heterocycles. The topological polar surface area (TPSA) is 27.7 Å². The SMILES string of the molecule is CCCCC1CCC(c2ccc(Cc3cc(CC(CCOC)C(F)(F)F)ccc3Oc3ccc(CC(CCOC)C(F)(F)F)cc3Cc3ccc(C4CCC(CCCC)CC4)cc3)cc2)CC1. The maximum Gasteiger partial charge on any atom is 0.392 e. The van der Waals surface area contributed by atoms with Gasteiger partial charge >= 0.3 is 12.4 Å². The van der Waals surface area contributed by atoms with E-state index in [9.17, 15) is 26.3 Å². The van der Waals surface area contributed by atoms with Gasteiger partial charge in [0, 0.05) is 40.3 Å². The highest BCUT2D eigenvalue weighted by Gasteiger charge is 2.40. The van der Waals surface area contributed by atoms with Crippen LogP contribution in [0.1, 0.15) is 173 Å². The largest absolute Gasteiger partial charge is 0.457 e. The number of hydrogen-bond acceptors (Lipinski definition) is 3. The lowest BCUT2D eigenvalue weighted by Crippen LogP contribution is -2.26. The number of alkyl halides is 6. The van der Waals surface area contributed by atoms with Gasteiger partial charge in [0.25, 0.3) is 0 Å². The van der Waals surface area contributed by atoms with Gasteiger partial charge in [0.05, 0.1) is 11.8 Å². The minimum absolute atomic E-state index is 0.00267. The fourth-order valence-corrected chi connectivity index (χ4v) is 10.8. The van der Waals surface area contributed by atoms with E-state index in [1.54, 1.807) is 24.3 Å². The zero-order valence-electron chi connectivity index (χ0n) is 40.6. The summed E-state index contributed by atoms with van der Waals surface area (Å²) < 4.78 is 103. The van der Waals surface area contributed by atoms with Crippen molar-refractivity contribution in [3.63, 3.8) is 0 Å². The number of methoxy groups -OCH3 is 2. The summed E-state index contributed by atoms with van der Waals surface area (Å²) >= 11 is 0. The van der Waals surface area contributed by atoms with Crippen LogP contribution in [0.4, 0.5) is 26.3 Å². The van der Waals surface area contributed by atoms with Crippen molar-refractivity contribution in [2.75, 3.05) is 27.4 Å². The third-order valence-corrected chi connectivity index (χ3v) is 15.0. The summed E-state index contributed by atoms with van der Waals surface area (Å²) in [6.45, 7) is 4.51. The van der Waals surface area contributed by atoms with Crippen LogP contribution in [0.15, 0.2) is 84.9 Å². The summed E-state index contributed by atoms with van der Waals surface area (Å²) in [5.41, 5.74) is 7.30. The van der Waals surface area contributed by atoms with Crippen LogP contribution in [0.25, 0.3) is 0 Å². The van der Waals surface area contributed by atoms with Crippen LogP contribution < -0.4 is 4.74 Å². The maximum absolute atomic E-state index is 14.3. The zero-order valence-corrected chi connectivity index (χ0v) is 40.6. The molecule has 0 heterocycles. The summed E-state index contributed by atoms with van der Waals surface area (Å²) in [6.07, 6.45) is 8.86. The number of unbranched alkanes of at least 4 members (excludes halogenated alkanes) is 2. The average molecular weight is 935 g/mol. The van der Waals surface area contributed by atoms with Gasteiger partial charge in [0.15, 0.2) is 0 Å². The molecule has 368 valence electrons. The Bertz CT molecular complexity index is 1900. The summed E-state index contributed by atoms with van der Waals surface area (Å²) in [6, 6.07) is 28.0. The summed E-state index contributed by atoms with van der Waals surface area (Å²) in [4.78, 5) is 0. The molecule has 4 aromatic carbocycles. The van der Waals surface area contributed by atoms with Gasteiger partial charge in [-0.15, -0.1) is 0 Å². The molecule has 0 radical (unpaired) electrons. The molecule has 2 atom stereocenters. The van der Waals surface area contributed by atoms with Crippen molar-refractivity contribution in [2.24, 2.45) is 23.7 Å². The zero-order chi connectivity index (χ0) is 47.8. The quantitative estimate of drug-likeness (QED) is 0.0655. The van der Waals surface area contributed by atoms with Crippen LogP contribution in [-0.2, 0) is 35.2 Å². The highest BCUT2D eigenvalue weighted by atomic mass is 19.4. The van der Waals surface area contributed by atoms with Crippen LogP contribution in [-0.4, -0.2) is 39.8 Å². The lowest BCUT2D eigenvalue weighted by atomic mass is 9.77. The molecule has 9 heteroatoms. The van der Waals surface area contributed by atoms with E-state index in [0.717, 1.165) is 34.1 Å². The molecule has 67 heavy (non-hydrogen) atoms. The molecule has 2 unspecified atom stereocenters. The fraction of sp³-hybridized carbons (Fsp3) is 0.586. The Labute approximate surface area is 397 Å².